The molecule has 0 bridgehead atoms. The van der Waals surface area contributed by atoms with E-state index in [0.717, 1.165) is 6.07 Å². The van der Waals surface area contributed by atoms with Gasteiger partial charge in [-0.3, -0.25) is 0 Å². The fourth-order valence-corrected chi connectivity index (χ4v) is 2.41. The monoisotopic (exact) mass is 407 g/mol. The second-order valence-electron chi connectivity index (χ2n) is 5.73. The van der Waals surface area contributed by atoms with Crippen LogP contribution in [0.3, 0.4) is 0 Å². The van der Waals surface area contributed by atoms with E-state index in [0.29, 0.717) is 35.3 Å². The number of hydrogen-bond donors (Lipinski definition) is 1. The molecule has 0 spiro atoms. The van der Waals surface area contributed by atoms with Crippen LogP contribution in [0.5, 0.6) is 23.0 Å². The summed E-state index contributed by atoms with van der Waals surface area (Å²) in [6, 6.07) is 15.4. The van der Waals surface area contributed by atoms with E-state index in [4.69, 9.17) is 19.9 Å². The van der Waals surface area contributed by atoms with Gasteiger partial charge in [0.15, 0.2) is 5.75 Å². The predicted octanol–water partition coefficient (Wildman–Crippen LogP) is 5.74. The Morgan fingerprint density at radius 2 is 1.50 bits per heavy atom. The molecular weight excluding hydrogens is 388 g/mol. The number of nitrogens with two attached hydrogens (primary N) is 1. The minimum Gasteiger partial charge on any atom is -0.494 e. The highest BCUT2D eigenvalue weighted by atomic mass is 35.5. The molecule has 0 saturated carbocycles. The summed E-state index contributed by atoms with van der Waals surface area (Å²) in [7, 11) is 0. The molecule has 7 heteroatoms. The summed E-state index contributed by atoms with van der Waals surface area (Å²) in [5.74, 6) is 1.05. The maximum Gasteiger partial charge on any atom is 0.150 e. The quantitative estimate of drug-likeness (QED) is 0.507. The maximum atomic E-state index is 13.6. The summed E-state index contributed by atoms with van der Waals surface area (Å²) in [6.45, 7) is 2.45. The van der Waals surface area contributed by atoms with E-state index in [2.05, 4.69) is 0 Å². The van der Waals surface area contributed by atoms with E-state index in [1.165, 1.54) is 12.1 Å². The Labute approximate surface area is 168 Å². The van der Waals surface area contributed by atoms with Crippen molar-refractivity contribution in [2.24, 2.45) is 0 Å². The molecule has 0 unspecified atom stereocenters. The summed E-state index contributed by atoms with van der Waals surface area (Å²) in [6.07, 6.45) is 0. The van der Waals surface area contributed by atoms with Gasteiger partial charge in [0.05, 0.1) is 12.3 Å². The van der Waals surface area contributed by atoms with Gasteiger partial charge in [0.2, 0.25) is 0 Å². The van der Waals surface area contributed by atoms with Gasteiger partial charge in [-0.2, -0.15) is 0 Å². The third-order valence-corrected chi connectivity index (χ3v) is 3.75. The second kappa shape index (κ2) is 9.80. The molecule has 28 heavy (non-hydrogen) atoms. The van der Waals surface area contributed by atoms with Gasteiger partial charge in [0.25, 0.3) is 0 Å². The van der Waals surface area contributed by atoms with Crippen molar-refractivity contribution in [2.75, 3.05) is 12.3 Å². The molecule has 0 heterocycles. The third-order valence-electron chi connectivity index (χ3n) is 3.75. The minimum atomic E-state index is -0.638. The van der Waals surface area contributed by atoms with Crippen molar-refractivity contribution in [1.82, 2.24) is 0 Å². The standard InChI is InChI=1S/C21H19F2NO3.ClH/c1-2-25-18-9-10-21(20(24)12-18)27-17-7-5-16(6-8-17)26-13-14-3-4-15(22)11-19(14)23;/h3-12H,2,13,24H2,1H3;1H. The fourth-order valence-electron chi connectivity index (χ4n) is 2.41. The Kier molecular flexibility index (Phi) is 7.46. The van der Waals surface area contributed by atoms with Crippen molar-refractivity contribution >= 4 is 18.1 Å². The SMILES string of the molecule is CCOc1ccc(Oc2ccc(OCc3ccc(F)cc3F)cc2)c(N)c1.Cl. The Morgan fingerprint density at radius 3 is 2.14 bits per heavy atom. The van der Waals surface area contributed by atoms with E-state index in [9.17, 15) is 8.78 Å². The van der Waals surface area contributed by atoms with Gasteiger partial charge < -0.3 is 19.9 Å². The van der Waals surface area contributed by atoms with Crippen LogP contribution < -0.4 is 19.9 Å². The molecule has 0 radical (unpaired) electrons. The summed E-state index contributed by atoms with van der Waals surface area (Å²) < 4.78 is 43.2. The predicted molar refractivity (Wildman–Crippen MR) is 106 cm³/mol. The molecule has 4 nitrogen and oxygen atoms in total. The Morgan fingerprint density at radius 1 is 0.821 bits per heavy atom. The summed E-state index contributed by atoms with van der Waals surface area (Å²) in [5.41, 5.74) is 6.72. The lowest BCUT2D eigenvalue weighted by Gasteiger charge is -2.11. The molecule has 2 N–H and O–H groups in total. The van der Waals surface area contributed by atoms with Gasteiger partial charge in [-0.25, -0.2) is 8.78 Å². The zero-order chi connectivity index (χ0) is 19.2. The number of benzene rings is 3. The molecule has 0 amide bonds. The van der Waals surface area contributed by atoms with Crippen LogP contribution in [0.4, 0.5) is 14.5 Å². The fraction of sp³-hybridized carbons (Fsp3) is 0.143. The van der Waals surface area contributed by atoms with Gasteiger partial charge in [0.1, 0.15) is 35.5 Å². The first kappa shape index (κ1) is 21.3. The summed E-state index contributed by atoms with van der Waals surface area (Å²) >= 11 is 0. The van der Waals surface area contributed by atoms with Gasteiger partial charge in [-0.15, -0.1) is 12.4 Å². The maximum absolute atomic E-state index is 13.6. The Balaban J connectivity index is 0.00000280. The van der Waals surface area contributed by atoms with Gasteiger partial charge >= 0.3 is 0 Å². The lowest BCUT2D eigenvalue weighted by Crippen LogP contribution is -1.99. The molecule has 3 rings (SSSR count). The first-order chi connectivity index (χ1) is 13.0. The van der Waals surface area contributed by atoms with Crippen molar-refractivity contribution in [2.45, 2.75) is 13.5 Å². The van der Waals surface area contributed by atoms with Crippen LogP contribution in [-0.4, -0.2) is 6.61 Å². The number of ether oxygens (including phenoxy) is 3. The lowest BCUT2D eigenvalue weighted by atomic mass is 10.2. The molecular formula is C21H20ClF2NO3. The molecule has 3 aromatic carbocycles. The van der Waals surface area contributed by atoms with Crippen molar-refractivity contribution in [3.63, 3.8) is 0 Å². The van der Waals surface area contributed by atoms with Gasteiger partial charge in [-0.1, -0.05) is 0 Å². The number of anilines is 1. The molecule has 0 aliphatic heterocycles. The minimum absolute atomic E-state index is 0. The van der Waals surface area contributed by atoms with Crippen LogP contribution in [0.15, 0.2) is 60.7 Å². The van der Waals surface area contributed by atoms with Crippen LogP contribution in [0.25, 0.3) is 0 Å². The highest BCUT2D eigenvalue weighted by Gasteiger charge is 2.07. The van der Waals surface area contributed by atoms with E-state index in [-0.39, 0.29) is 24.6 Å². The molecule has 0 fully saturated rings. The highest BCUT2D eigenvalue weighted by molar-refractivity contribution is 5.85. The van der Waals surface area contributed by atoms with Crippen LogP contribution in [0.2, 0.25) is 0 Å². The zero-order valence-electron chi connectivity index (χ0n) is 15.2. The normalized spacial score (nSPS) is 10.1. The van der Waals surface area contributed by atoms with Gasteiger partial charge in [-0.05, 0) is 55.5 Å². The number of rotatable bonds is 7. The van der Waals surface area contributed by atoms with Crippen LogP contribution in [0, 0.1) is 11.6 Å². The lowest BCUT2D eigenvalue weighted by molar-refractivity contribution is 0.299. The molecule has 0 aliphatic carbocycles. The molecule has 3 aromatic rings. The number of halogens is 3. The van der Waals surface area contributed by atoms with Crippen molar-refractivity contribution in [3.05, 3.63) is 77.9 Å². The number of nitrogen functional groups attached to an aromatic ring is 1. The molecule has 148 valence electrons. The Hall–Kier alpha value is -2.99. The van der Waals surface area contributed by atoms with Crippen LogP contribution in [0.1, 0.15) is 12.5 Å². The summed E-state index contributed by atoms with van der Waals surface area (Å²) in [5, 5.41) is 0. The van der Waals surface area contributed by atoms with Crippen LogP contribution >= 0.6 is 12.4 Å². The van der Waals surface area contributed by atoms with Crippen molar-refractivity contribution in [3.8, 4) is 23.0 Å². The summed E-state index contributed by atoms with van der Waals surface area (Å²) in [4.78, 5) is 0. The van der Waals surface area contributed by atoms with E-state index >= 15 is 0 Å². The van der Waals surface area contributed by atoms with E-state index in [1.54, 1.807) is 42.5 Å². The average molecular weight is 408 g/mol. The first-order valence-electron chi connectivity index (χ1n) is 8.42. The van der Waals surface area contributed by atoms with Crippen LogP contribution in [-0.2, 0) is 6.61 Å². The van der Waals surface area contributed by atoms with Crippen molar-refractivity contribution in [1.29, 1.82) is 0 Å². The molecule has 0 aliphatic rings. The molecule has 0 saturated heterocycles. The Bertz CT molecular complexity index is 920. The largest absolute Gasteiger partial charge is 0.494 e. The zero-order valence-corrected chi connectivity index (χ0v) is 16.0. The number of hydrogen-bond acceptors (Lipinski definition) is 4. The van der Waals surface area contributed by atoms with E-state index < -0.39 is 11.6 Å². The molecule has 0 atom stereocenters. The van der Waals surface area contributed by atoms with E-state index in [1.807, 2.05) is 6.92 Å². The second-order valence-corrected chi connectivity index (χ2v) is 5.73. The topological polar surface area (TPSA) is 53.7 Å². The smallest absolute Gasteiger partial charge is 0.150 e. The average Bonchev–Trinajstić information content (AvgIpc) is 2.65. The van der Waals surface area contributed by atoms with Crippen molar-refractivity contribution < 1.29 is 23.0 Å². The highest BCUT2D eigenvalue weighted by Crippen LogP contribution is 2.31. The van der Waals surface area contributed by atoms with Gasteiger partial charge in [0, 0.05) is 17.7 Å². The molecule has 0 aromatic heterocycles. The third kappa shape index (κ3) is 5.50. The first-order valence-corrected chi connectivity index (χ1v) is 8.42.